The number of methoxy groups -OCH3 is 1. The molecule has 18 heavy (non-hydrogen) atoms. The fourth-order valence-electron chi connectivity index (χ4n) is 1.82. The molecule has 1 atom stereocenters. The van der Waals surface area contributed by atoms with Crippen molar-refractivity contribution in [1.29, 1.82) is 0 Å². The van der Waals surface area contributed by atoms with Gasteiger partial charge in [-0.15, -0.1) is 0 Å². The van der Waals surface area contributed by atoms with Crippen molar-refractivity contribution in [3.8, 4) is 5.88 Å². The molecule has 0 aliphatic carbocycles. The van der Waals surface area contributed by atoms with Crippen LogP contribution < -0.4 is 4.74 Å². The first-order chi connectivity index (χ1) is 8.54. The Morgan fingerprint density at radius 3 is 2.67 bits per heavy atom. The van der Waals surface area contributed by atoms with Gasteiger partial charge in [-0.05, 0) is 19.1 Å². The number of carbonyl (C=O) groups is 1. The number of halogens is 1. The standard InChI is InChI=1S/C13H12BrNO3/c1-7(13(16)17)11-9(14)5-3-8-4-6-10(18-2)15-12(8)11/h3-7H,1-2H3,(H,16,17). The lowest BCUT2D eigenvalue weighted by Crippen LogP contribution is -2.09. The molecule has 5 heteroatoms. The maximum atomic E-state index is 11.2. The molecular weight excluding hydrogens is 298 g/mol. The highest BCUT2D eigenvalue weighted by molar-refractivity contribution is 9.10. The van der Waals surface area contributed by atoms with E-state index in [0.29, 0.717) is 17.0 Å². The second-order valence-corrected chi connectivity index (χ2v) is 4.80. The highest BCUT2D eigenvalue weighted by Crippen LogP contribution is 2.32. The predicted octanol–water partition coefficient (Wildman–Crippen LogP) is 3.19. The van der Waals surface area contributed by atoms with Crippen LogP contribution in [-0.2, 0) is 4.79 Å². The fraction of sp³-hybridized carbons (Fsp3) is 0.231. The van der Waals surface area contributed by atoms with Gasteiger partial charge in [0.1, 0.15) is 0 Å². The Balaban J connectivity index is 2.75. The van der Waals surface area contributed by atoms with Gasteiger partial charge in [0, 0.05) is 21.5 Å². The van der Waals surface area contributed by atoms with E-state index in [-0.39, 0.29) is 0 Å². The second-order valence-electron chi connectivity index (χ2n) is 3.95. The molecular formula is C13H12BrNO3. The summed E-state index contributed by atoms with van der Waals surface area (Å²) in [6.07, 6.45) is 0. The molecule has 1 aromatic heterocycles. The Hall–Kier alpha value is -1.62. The molecule has 2 aromatic rings. The minimum Gasteiger partial charge on any atom is -0.481 e. The molecule has 1 unspecified atom stereocenters. The van der Waals surface area contributed by atoms with Crippen LogP contribution in [0.4, 0.5) is 0 Å². The minimum absolute atomic E-state index is 0.472. The second kappa shape index (κ2) is 4.94. The number of benzene rings is 1. The number of nitrogens with zero attached hydrogens (tertiary/aromatic N) is 1. The van der Waals surface area contributed by atoms with Crippen LogP contribution in [0.5, 0.6) is 5.88 Å². The summed E-state index contributed by atoms with van der Waals surface area (Å²) < 4.78 is 5.82. The topological polar surface area (TPSA) is 59.4 Å². The van der Waals surface area contributed by atoms with E-state index in [2.05, 4.69) is 20.9 Å². The lowest BCUT2D eigenvalue weighted by Gasteiger charge is -2.13. The minimum atomic E-state index is -0.882. The lowest BCUT2D eigenvalue weighted by atomic mass is 9.98. The molecule has 0 spiro atoms. The van der Waals surface area contributed by atoms with Crippen LogP contribution in [0.25, 0.3) is 10.9 Å². The van der Waals surface area contributed by atoms with Crippen molar-refractivity contribution in [1.82, 2.24) is 4.98 Å². The molecule has 0 aliphatic rings. The number of aromatic nitrogens is 1. The highest BCUT2D eigenvalue weighted by Gasteiger charge is 2.20. The summed E-state index contributed by atoms with van der Waals surface area (Å²) in [5.74, 6) is -1.05. The molecule has 0 amide bonds. The summed E-state index contributed by atoms with van der Waals surface area (Å²) >= 11 is 3.39. The number of hydrogen-bond donors (Lipinski definition) is 1. The van der Waals surface area contributed by atoms with Crippen LogP contribution in [0.15, 0.2) is 28.7 Å². The number of carboxylic acid groups (broad SMARTS) is 1. The first-order valence-electron chi connectivity index (χ1n) is 5.40. The molecule has 0 fully saturated rings. The van der Waals surface area contributed by atoms with Crippen molar-refractivity contribution in [3.63, 3.8) is 0 Å². The monoisotopic (exact) mass is 309 g/mol. The van der Waals surface area contributed by atoms with Crippen LogP contribution >= 0.6 is 15.9 Å². The smallest absolute Gasteiger partial charge is 0.310 e. The van der Waals surface area contributed by atoms with E-state index >= 15 is 0 Å². The molecule has 0 saturated heterocycles. The van der Waals surface area contributed by atoms with E-state index < -0.39 is 11.9 Å². The van der Waals surface area contributed by atoms with E-state index in [1.807, 2.05) is 18.2 Å². The van der Waals surface area contributed by atoms with Gasteiger partial charge in [0.25, 0.3) is 0 Å². The normalized spacial score (nSPS) is 12.4. The van der Waals surface area contributed by atoms with Crippen molar-refractivity contribution >= 4 is 32.8 Å². The number of rotatable bonds is 3. The molecule has 94 valence electrons. The lowest BCUT2D eigenvalue weighted by molar-refractivity contribution is -0.138. The molecule has 0 bridgehead atoms. The van der Waals surface area contributed by atoms with E-state index in [1.54, 1.807) is 13.0 Å². The van der Waals surface area contributed by atoms with Gasteiger partial charge in [0.05, 0.1) is 18.5 Å². The van der Waals surface area contributed by atoms with Gasteiger partial charge in [-0.3, -0.25) is 4.79 Å². The van der Waals surface area contributed by atoms with Crippen LogP contribution in [0.3, 0.4) is 0 Å². The zero-order valence-corrected chi connectivity index (χ0v) is 11.6. The van der Waals surface area contributed by atoms with Gasteiger partial charge >= 0.3 is 5.97 Å². The average molecular weight is 310 g/mol. The van der Waals surface area contributed by atoms with Crippen LogP contribution in [0.2, 0.25) is 0 Å². The van der Waals surface area contributed by atoms with Crippen LogP contribution in [0, 0.1) is 0 Å². The zero-order chi connectivity index (χ0) is 13.3. The molecule has 1 aromatic carbocycles. The summed E-state index contributed by atoms with van der Waals surface area (Å²) in [4.78, 5) is 15.5. The molecule has 1 N–H and O–H groups in total. The number of aliphatic carboxylic acids is 1. The number of pyridine rings is 1. The molecule has 0 aliphatic heterocycles. The number of ether oxygens (including phenoxy) is 1. The zero-order valence-electron chi connectivity index (χ0n) is 9.98. The first kappa shape index (κ1) is 12.8. The fourth-order valence-corrected chi connectivity index (χ4v) is 2.48. The van der Waals surface area contributed by atoms with Gasteiger partial charge in [-0.1, -0.05) is 22.0 Å². The van der Waals surface area contributed by atoms with Crippen molar-refractivity contribution in [2.75, 3.05) is 7.11 Å². The van der Waals surface area contributed by atoms with Crippen LogP contribution in [-0.4, -0.2) is 23.2 Å². The Labute approximate surface area is 113 Å². The Bertz CT molecular complexity index is 612. The van der Waals surface area contributed by atoms with Gasteiger partial charge < -0.3 is 9.84 Å². The molecule has 1 heterocycles. The third-order valence-corrected chi connectivity index (χ3v) is 3.53. The van der Waals surface area contributed by atoms with Gasteiger partial charge in [-0.2, -0.15) is 0 Å². The number of carboxylic acids is 1. The van der Waals surface area contributed by atoms with Gasteiger partial charge in [0.2, 0.25) is 5.88 Å². The van der Waals surface area contributed by atoms with E-state index in [1.165, 1.54) is 7.11 Å². The summed E-state index contributed by atoms with van der Waals surface area (Å²) in [5, 5.41) is 10.1. The number of hydrogen-bond acceptors (Lipinski definition) is 3. The van der Waals surface area contributed by atoms with E-state index in [0.717, 1.165) is 9.86 Å². The number of fused-ring (bicyclic) bond motifs is 1. The predicted molar refractivity (Wildman–Crippen MR) is 72.0 cm³/mol. The van der Waals surface area contributed by atoms with Crippen LogP contribution in [0.1, 0.15) is 18.4 Å². The maximum Gasteiger partial charge on any atom is 0.310 e. The summed E-state index contributed by atoms with van der Waals surface area (Å²) in [5.41, 5.74) is 1.32. The molecule has 0 saturated carbocycles. The first-order valence-corrected chi connectivity index (χ1v) is 6.20. The van der Waals surface area contributed by atoms with Crippen molar-refractivity contribution in [2.45, 2.75) is 12.8 Å². The molecule has 4 nitrogen and oxygen atoms in total. The van der Waals surface area contributed by atoms with E-state index in [9.17, 15) is 4.79 Å². The Morgan fingerprint density at radius 1 is 1.39 bits per heavy atom. The van der Waals surface area contributed by atoms with Gasteiger partial charge in [0.15, 0.2) is 0 Å². The van der Waals surface area contributed by atoms with Gasteiger partial charge in [-0.25, -0.2) is 4.98 Å². The highest BCUT2D eigenvalue weighted by atomic mass is 79.9. The van der Waals surface area contributed by atoms with Crippen molar-refractivity contribution in [2.24, 2.45) is 0 Å². The van der Waals surface area contributed by atoms with Crippen molar-refractivity contribution < 1.29 is 14.6 Å². The maximum absolute atomic E-state index is 11.2. The SMILES string of the molecule is COc1ccc2ccc(Br)c(C(C)C(=O)O)c2n1. The summed E-state index contributed by atoms with van der Waals surface area (Å²) in [6.45, 7) is 1.64. The third kappa shape index (κ3) is 2.18. The quantitative estimate of drug-likeness (QED) is 0.946. The Kier molecular flexibility index (Phi) is 3.52. The molecule has 0 radical (unpaired) electrons. The average Bonchev–Trinajstić information content (AvgIpc) is 2.37. The molecule has 2 rings (SSSR count). The van der Waals surface area contributed by atoms with E-state index in [4.69, 9.17) is 9.84 Å². The largest absolute Gasteiger partial charge is 0.481 e. The summed E-state index contributed by atoms with van der Waals surface area (Å²) in [6, 6.07) is 7.35. The van der Waals surface area contributed by atoms with Crippen molar-refractivity contribution in [3.05, 3.63) is 34.3 Å². The Morgan fingerprint density at radius 2 is 2.06 bits per heavy atom. The summed E-state index contributed by atoms with van der Waals surface area (Å²) in [7, 11) is 1.53. The third-order valence-electron chi connectivity index (χ3n) is 2.84.